The molecule has 0 radical (unpaired) electrons. The maximum Gasteiger partial charge on any atom is 0.246 e. The molecule has 2 aromatic rings. The van der Waals surface area contributed by atoms with E-state index in [-0.39, 0.29) is 5.91 Å². The fourth-order valence-electron chi connectivity index (χ4n) is 3.24. The summed E-state index contributed by atoms with van der Waals surface area (Å²) in [5.41, 5.74) is 2.35. The molecule has 1 saturated heterocycles. The fourth-order valence-corrected chi connectivity index (χ4v) is 3.24. The maximum absolute atomic E-state index is 12.4. The largest absolute Gasteiger partial charge is 0.339 e. The minimum absolute atomic E-state index is 0.0800. The molecule has 25 heavy (non-hydrogen) atoms. The number of likely N-dealkylation sites (tertiary alicyclic amines) is 1. The van der Waals surface area contributed by atoms with Gasteiger partial charge < -0.3 is 4.90 Å². The second-order valence-electron chi connectivity index (χ2n) is 6.56. The summed E-state index contributed by atoms with van der Waals surface area (Å²) in [6.45, 7) is 3.00. The molecule has 2 heterocycles. The van der Waals surface area contributed by atoms with E-state index in [9.17, 15) is 4.79 Å². The summed E-state index contributed by atoms with van der Waals surface area (Å²) >= 11 is 0. The van der Waals surface area contributed by atoms with Gasteiger partial charge in [-0.1, -0.05) is 30.3 Å². The lowest BCUT2D eigenvalue weighted by Crippen LogP contribution is -2.44. The van der Waals surface area contributed by atoms with E-state index in [1.807, 2.05) is 60.7 Å². The number of piperidine rings is 1. The molecule has 1 aromatic heterocycles. The zero-order valence-electron chi connectivity index (χ0n) is 14.7. The van der Waals surface area contributed by atoms with E-state index in [0.29, 0.717) is 6.04 Å². The monoisotopic (exact) mass is 335 g/mol. The summed E-state index contributed by atoms with van der Waals surface area (Å²) in [5, 5.41) is 0. The first kappa shape index (κ1) is 17.4. The Kier molecular flexibility index (Phi) is 5.96. The molecular weight excluding hydrogens is 310 g/mol. The lowest BCUT2D eigenvalue weighted by atomic mass is 10.0. The number of hydrogen-bond acceptors (Lipinski definition) is 3. The molecule has 4 heteroatoms. The van der Waals surface area contributed by atoms with Crippen molar-refractivity contribution in [2.75, 3.05) is 20.1 Å². The molecule has 0 saturated carbocycles. The Morgan fingerprint density at radius 3 is 2.52 bits per heavy atom. The number of carbonyl (C=O) groups is 1. The Labute approximate surface area is 149 Å². The number of nitrogens with zero attached hydrogens (tertiary/aromatic N) is 3. The normalized spacial score (nSPS) is 16.2. The lowest BCUT2D eigenvalue weighted by Gasteiger charge is -2.36. The third-order valence-electron chi connectivity index (χ3n) is 4.83. The van der Waals surface area contributed by atoms with Crippen LogP contribution in [0.25, 0.3) is 6.08 Å². The van der Waals surface area contributed by atoms with Crippen molar-refractivity contribution in [1.29, 1.82) is 0 Å². The summed E-state index contributed by atoms with van der Waals surface area (Å²) in [5.74, 6) is 0.0800. The lowest BCUT2D eigenvalue weighted by molar-refractivity contribution is -0.127. The average molecular weight is 335 g/mol. The zero-order chi connectivity index (χ0) is 17.5. The van der Waals surface area contributed by atoms with Gasteiger partial charge in [0, 0.05) is 51.2 Å². The quantitative estimate of drug-likeness (QED) is 0.787. The standard InChI is InChI=1S/C21H25N3O/c1-23(21(25)8-7-18-5-3-2-4-6-18)20-11-15-24(16-12-20)17-19-9-13-22-14-10-19/h2-10,13-14,20H,11-12,15-17H2,1H3/b8-7+. The van der Waals surface area contributed by atoms with Crippen LogP contribution >= 0.6 is 0 Å². The van der Waals surface area contributed by atoms with Crippen molar-refractivity contribution in [3.8, 4) is 0 Å². The van der Waals surface area contributed by atoms with Crippen molar-refractivity contribution in [2.24, 2.45) is 0 Å². The third kappa shape index (κ3) is 5.00. The van der Waals surface area contributed by atoms with Gasteiger partial charge in [0.1, 0.15) is 0 Å². The Morgan fingerprint density at radius 1 is 1.16 bits per heavy atom. The first-order valence-corrected chi connectivity index (χ1v) is 8.83. The molecule has 0 atom stereocenters. The van der Waals surface area contributed by atoms with E-state index in [1.165, 1.54) is 5.56 Å². The SMILES string of the molecule is CN(C(=O)/C=C/c1ccccc1)C1CCN(Cc2ccncc2)CC1. The highest BCUT2D eigenvalue weighted by Crippen LogP contribution is 2.18. The van der Waals surface area contributed by atoms with Gasteiger partial charge in [-0.05, 0) is 42.2 Å². The summed E-state index contributed by atoms with van der Waals surface area (Å²) in [7, 11) is 1.92. The molecule has 4 nitrogen and oxygen atoms in total. The van der Waals surface area contributed by atoms with Gasteiger partial charge in [0.2, 0.25) is 5.91 Å². The van der Waals surface area contributed by atoms with Gasteiger partial charge in [0.15, 0.2) is 0 Å². The highest BCUT2D eigenvalue weighted by molar-refractivity contribution is 5.91. The van der Waals surface area contributed by atoms with Gasteiger partial charge in [0.05, 0.1) is 0 Å². The van der Waals surface area contributed by atoms with Crippen LogP contribution in [-0.2, 0) is 11.3 Å². The summed E-state index contributed by atoms with van der Waals surface area (Å²) in [6.07, 6.45) is 9.29. The number of carbonyl (C=O) groups excluding carboxylic acids is 1. The second kappa shape index (κ2) is 8.58. The third-order valence-corrected chi connectivity index (χ3v) is 4.83. The predicted octanol–water partition coefficient (Wildman–Crippen LogP) is 3.22. The summed E-state index contributed by atoms with van der Waals surface area (Å²) in [6, 6.07) is 14.4. The highest BCUT2D eigenvalue weighted by atomic mass is 16.2. The summed E-state index contributed by atoms with van der Waals surface area (Å²) in [4.78, 5) is 20.8. The molecule has 0 aliphatic carbocycles. The number of rotatable bonds is 5. The van der Waals surface area contributed by atoms with E-state index in [4.69, 9.17) is 0 Å². The van der Waals surface area contributed by atoms with Crippen molar-refractivity contribution in [1.82, 2.24) is 14.8 Å². The summed E-state index contributed by atoms with van der Waals surface area (Å²) < 4.78 is 0. The van der Waals surface area contributed by atoms with Crippen molar-refractivity contribution in [2.45, 2.75) is 25.4 Å². The molecule has 0 spiro atoms. The molecule has 1 aliphatic rings. The van der Waals surface area contributed by atoms with Gasteiger partial charge >= 0.3 is 0 Å². The molecule has 0 unspecified atom stereocenters. The maximum atomic E-state index is 12.4. The highest BCUT2D eigenvalue weighted by Gasteiger charge is 2.24. The van der Waals surface area contributed by atoms with E-state index in [0.717, 1.165) is 38.0 Å². The number of pyridine rings is 1. The first-order valence-electron chi connectivity index (χ1n) is 8.83. The number of aromatic nitrogens is 1. The zero-order valence-corrected chi connectivity index (χ0v) is 14.7. The Balaban J connectivity index is 1.48. The molecule has 0 bridgehead atoms. The number of hydrogen-bond donors (Lipinski definition) is 0. The van der Waals surface area contributed by atoms with Gasteiger partial charge in [-0.2, -0.15) is 0 Å². The second-order valence-corrected chi connectivity index (χ2v) is 6.56. The Morgan fingerprint density at radius 2 is 1.84 bits per heavy atom. The van der Waals surface area contributed by atoms with Crippen molar-refractivity contribution in [3.05, 3.63) is 72.1 Å². The van der Waals surface area contributed by atoms with Crippen LogP contribution in [0.1, 0.15) is 24.0 Å². The minimum Gasteiger partial charge on any atom is -0.339 e. The number of likely N-dealkylation sites (N-methyl/N-ethyl adjacent to an activating group) is 1. The van der Waals surface area contributed by atoms with Crippen LogP contribution in [0.3, 0.4) is 0 Å². The van der Waals surface area contributed by atoms with E-state index < -0.39 is 0 Å². The van der Waals surface area contributed by atoms with Crippen LogP contribution < -0.4 is 0 Å². The molecule has 1 aromatic carbocycles. The molecule has 1 amide bonds. The topological polar surface area (TPSA) is 36.4 Å². The van der Waals surface area contributed by atoms with Gasteiger partial charge in [-0.15, -0.1) is 0 Å². The van der Waals surface area contributed by atoms with E-state index >= 15 is 0 Å². The molecule has 1 fully saturated rings. The van der Waals surface area contributed by atoms with Crippen LogP contribution in [0, 0.1) is 0 Å². The predicted molar refractivity (Wildman–Crippen MR) is 101 cm³/mol. The van der Waals surface area contributed by atoms with Crippen LogP contribution in [0.5, 0.6) is 0 Å². The molecule has 0 N–H and O–H groups in total. The van der Waals surface area contributed by atoms with Gasteiger partial charge in [-0.25, -0.2) is 0 Å². The van der Waals surface area contributed by atoms with E-state index in [1.54, 1.807) is 6.08 Å². The van der Waals surface area contributed by atoms with Crippen LogP contribution in [0.4, 0.5) is 0 Å². The van der Waals surface area contributed by atoms with Crippen molar-refractivity contribution < 1.29 is 4.79 Å². The molecule has 1 aliphatic heterocycles. The first-order chi connectivity index (χ1) is 12.2. The van der Waals surface area contributed by atoms with Crippen molar-refractivity contribution >= 4 is 12.0 Å². The van der Waals surface area contributed by atoms with Crippen LogP contribution in [-0.4, -0.2) is 46.9 Å². The van der Waals surface area contributed by atoms with Crippen LogP contribution in [0.2, 0.25) is 0 Å². The van der Waals surface area contributed by atoms with Crippen LogP contribution in [0.15, 0.2) is 60.9 Å². The fraction of sp³-hybridized carbons (Fsp3) is 0.333. The smallest absolute Gasteiger partial charge is 0.246 e. The number of amides is 1. The average Bonchev–Trinajstić information content (AvgIpc) is 2.68. The Bertz CT molecular complexity index is 692. The van der Waals surface area contributed by atoms with Gasteiger partial charge in [0.25, 0.3) is 0 Å². The molecule has 130 valence electrons. The molecular formula is C21H25N3O. The van der Waals surface area contributed by atoms with Gasteiger partial charge in [-0.3, -0.25) is 14.7 Å². The minimum atomic E-state index is 0.0800. The number of benzene rings is 1. The molecule has 3 rings (SSSR count). The van der Waals surface area contributed by atoms with Crippen molar-refractivity contribution in [3.63, 3.8) is 0 Å². The van der Waals surface area contributed by atoms with E-state index in [2.05, 4.69) is 22.0 Å². The Hall–Kier alpha value is -2.46.